The Balaban J connectivity index is 2.77. The highest BCUT2D eigenvalue weighted by Gasteiger charge is 2.27. The highest BCUT2D eigenvalue weighted by atomic mass is 35.5. The third-order valence-electron chi connectivity index (χ3n) is 3.52. The highest BCUT2D eigenvalue weighted by molar-refractivity contribution is 7.89. The minimum absolute atomic E-state index is 0.147. The van der Waals surface area contributed by atoms with E-state index in [9.17, 15) is 26.4 Å². The predicted molar refractivity (Wildman–Crippen MR) is 105 cm³/mol. The molecule has 0 heterocycles. The van der Waals surface area contributed by atoms with Gasteiger partial charge in [-0.25, -0.2) is 8.42 Å². The zero-order chi connectivity index (χ0) is 22.1. The maximum atomic E-state index is 12.5. The monoisotopic (exact) mass is 470 g/mol. The van der Waals surface area contributed by atoms with Gasteiger partial charge in [-0.05, 0) is 37.1 Å². The summed E-state index contributed by atoms with van der Waals surface area (Å²) in [5.74, 6) is -1.16. The number of unbranched alkanes of at least 4 members (excludes halogenated alkanes) is 1. The van der Waals surface area contributed by atoms with Crippen molar-refractivity contribution >= 4 is 43.6 Å². The average Bonchev–Trinajstić information content (AvgIpc) is 2.64. The fourth-order valence-electron chi connectivity index (χ4n) is 2.06. The van der Waals surface area contributed by atoms with E-state index in [1.54, 1.807) is 0 Å². The quantitative estimate of drug-likeness (QED) is 0.254. The Morgan fingerprint density at radius 3 is 2.28 bits per heavy atom. The molecule has 0 saturated heterocycles. The first-order valence-electron chi connectivity index (χ1n) is 8.41. The third-order valence-corrected chi connectivity index (χ3v) is 5.83. The van der Waals surface area contributed by atoms with Crippen LogP contribution in [0.3, 0.4) is 0 Å². The van der Waals surface area contributed by atoms with Crippen LogP contribution < -0.4 is 10.0 Å². The van der Waals surface area contributed by atoms with Gasteiger partial charge in [-0.15, -0.1) is 0 Å². The molecule has 164 valence electrons. The van der Waals surface area contributed by atoms with Crippen LogP contribution in [0.25, 0.3) is 0 Å². The Kier molecular flexibility index (Phi) is 10.00. The molecule has 2 N–H and O–H groups in total. The van der Waals surface area contributed by atoms with E-state index in [-0.39, 0.29) is 23.8 Å². The van der Waals surface area contributed by atoms with Crippen LogP contribution in [0.1, 0.15) is 19.3 Å². The van der Waals surface area contributed by atoms with Gasteiger partial charge < -0.3 is 10.1 Å². The van der Waals surface area contributed by atoms with E-state index in [0.717, 1.165) is 6.26 Å². The van der Waals surface area contributed by atoms with Crippen LogP contribution >= 0.6 is 11.6 Å². The molecule has 1 aromatic carbocycles. The van der Waals surface area contributed by atoms with Crippen molar-refractivity contribution < 1.29 is 35.3 Å². The highest BCUT2D eigenvalue weighted by Crippen LogP contribution is 2.14. The molecular weight excluding hydrogens is 448 g/mol. The molecule has 1 amide bonds. The zero-order valence-corrected chi connectivity index (χ0v) is 18.3. The minimum atomic E-state index is -4.14. The van der Waals surface area contributed by atoms with Gasteiger partial charge in [0.25, 0.3) is 10.1 Å². The Morgan fingerprint density at radius 1 is 1.10 bits per heavy atom. The van der Waals surface area contributed by atoms with Crippen molar-refractivity contribution in [3.05, 3.63) is 29.3 Å². The largest absolute Gasteiger partial charge is 0.469 e. The van der Waals surface area contributed by atoms with Crippen LogP contribution in [0.5, 0.6) is 0 Å². The van der Waals surface area contributed by atoms with E-state index < -0.39 is 38.7 Å². The summed E-state index contributed by atoms with van der Waals surface area (Å²) >= 11 is 5.73. The first kappa shape index (κ1) is 25.3. The number of methoxy groups -OCH3 is 1. The van der Waals surface area contributed by atoms with Crippen LogP contribution in [0, 0.1) is 0 Å². The molecule has 0 unspecified atom stereocenters. The van der Waals surface area contributed by atoms with Gasteiger partial charge in [0.2, 0.25) is 15.9 Å². The second kappa shape index (κ2) is 11.5. The van der Waals surface area contributed by atoms with Crippen molar-refractivity contribution in [3.63, 3.8) is 0 Å². The SMILES string of the molecule is COC(=O)CCCCNC(=O)[C@H](COS(C)(=O)=O)NS(=O)(=O)c1ccc(Cl)cc1. The molecule has 0 aromatic heterocycles. The Bertz CT molecular complexity index is 901. The van der Waals surface area contributed by atoms with E-state index in [2.05, 4.69) is 19.0 Å². The fourth-order valence-corrected chi connectivity index (χ4v) is 3.74. The van der Waals surface area contributed by atoms with E-state index in [1.165, 1.54) is 31.4 Å². The van der Waals surface area contributed by atoms with Crippen molar-refractivity contribution in [2.24, 2.45) is 0 Å². The summed E-state index contributed by atoms with van der Waals surface area (Å²) in [4.78, 5) is 23.2. The van der Waals surface area contributed by atoms with Crippen LogP contribution in [0.4, 0.5) is 0 Å². The van der Waals surface area contributed by atoms with Gasteiger partial charge in [0.05, 0.1) is 24.9 Å². The minimum Gasteiger partial charge on any atom is -0.469 e. The summed E-state index contributed by atoms with van der Waals surface area (Å²) in [6, 6.07) is 3.71. The van der Waals surface area contributed by atoms with E-state index in [4.69, 9.17) is 11.6 Å². The number of nitrogens with one attached hydrogen (secondary N) is 2. The molecule has 0 spiro atoms. The lowest BCUT2D eigenvalue weighted by Gasteiger charge is -2.18. The number of amides is 1. The molecule has 1 rings (SSSR count). The van der Waals surface area contributed by atoms with E-state index in [1.807, 2.05) is 0 Å². The second-order valence-electron chi connectivity index (χ2n) is 5.94. The van der Waals surface area contributed by atoms with Crippen molar-refractivity contribution in [2.75, 3.05) is 26.5 Å². The lowest BCUT2D eigenvalue weighted by atomic mass is 10.2. The zero-order valence-electron chi connectivity index (χ0n) is 15.9. The van der Waals surface area contributed by atoms with Crippen LogP contribution in [-0.2, 0) is 38.7 Å². The van der Waals surface area contributed by atoms with E-state index in [0.29, 0.717) is 17.9 Å². The van der Waals surface area contributed by atoms with Gasteiger partial charge in [-0.1, -0.05) is 11.6 Å². The maximum absolute atomic E-state index is 12.5. The lowest BCUT2D eigenvalue weighted by Crippen LogP contribution is -2.49. The summed E-state index contributed by atoms with van der Waals surface area (Å²) in [5.41, 5.74) is 0. The van der Waals surface area contributed by atoms with E-state index >= 15 is 0 Å². The predicted octanol–water partition coefficient (Wildman–Crippen LogP) is 0.423. The summed E-state index contributed by atoms with van der Waals surface area (Å²) in [7, 11) is -6.78. The summed E-state index contributed by atoms with van der Waals surface area (Å²) in [6.07, 6.45) is 1.84. The van der Waals surface area contributed by atoms with Gasteiger partial charge in [-0.3, -0.25) is 13.8 Å². The number of carbonyl (C=O) groups excluding carboxylic acids is 2. The van der Waals surface area contributed by atoms with Crippen LogP contribution in [0.15, 0.2) is 29.2 Å². The molecule has 10 nitrogen and oxygen atoms in total. The summed E-state index contributed by atoms with van der Waals surface area (Å²) in [5, 5.41) is 2.80. The fraction of sp³-hybridized carbons (Fsp3) is 0.500. The van der Waals surface area contributed by atoms with Crippen molar-refractivity contribution in [1.29, 1.82) is 0 Å². The van der Waals surface area contributed by atoms with Gasteiger partial charge in [-0.2, -0.15) is 13.1 Å². The van der Waals surface area contributed by atoms with Crippen LogP contribution in [-0.4, -0.2) is 61.3 Å². The number of hydrogen-bond acceptors (Lipinski definition) is 8. The molecular formula is C16H23ClN2O8S2. The molecule has 0 aliphatic carbocycles. The number of hydrogen-bond donors (Lipinski definition) is 2. The molecule has 1 aromatic rings. The number of carbonyl (C=O) groups is 2. The standard InChI is InChI=1S/C16H23ClN2O8S2/c1-26-15(20)5-3-4-10-18-16(21)14(11-27-28(2,22)23)19-29(24,25)13-8-6-12(17)7-9-13/h6-9,14,19H,3-5,10-11H2,1-2H3,(H,18,21)/t14-/m0/s1. The number of ether oxygens (including phenoxy) is 1. The molecule has 29 heavy (non-hydrogen) atoms. The normalized spacial score (nSPS) is 12.9. The Morgan fingerprint density at radius 2 is 1.72 bits per heavy atom. The van der Waals surface area contributed by atoms with Crippen molar-refractivity contribution in [2.45, 2.75) is 30.2 Å². The van der Waals surface area contributed by atoms with Gasteiger partial charge >= 0.3 is 5.97 Å². The first-order valence-corrected chi connectivity index (χ1v) is 12.1. The van der Waals surface area contributed by atoms with Gasteiger partial charge in [0.15, 0.2) is 0 Å². The number of benzene rings is 1. The third kappa shape index (κ3) is 10.0. The number of halogens is 1. The molecule has 13 heteroatoms. The van der Waals surface area contributed by atoms with Crippen molar-refractivity contribution in [1.82, 2.24) is 10.0 Å². The Hall–Kier alpha value is -1.73. The maximum Gasteiger partial charge on any atom is 0.305 e. The molecule has 1 atom stereocenters. The van der Waals surface area contributed by atoms with Crippen molar-refractivity contribution in [3.8, 4) is 0 Å². The van der Waals surface area contributed by atoms with Gasteiger partial charge in [0.1, 0.15) is 6.04 Å². The molecule has 0 aliphatic heterocycles. The first-order chi connectivity index (χ1) is 13.4. The van der Waals surface area contributed by atoms with Gasteiger partial charge in [0, 0.05) is 18.0 Å². The topological polar surface area (TPSA) is 145 Å². The molecule has 0 aliphatic rings. The summed E-state index contributed by atoms with van der Waals surface area (Å²) in [6.45, 7) is -0.576. The number of rotatable bonds is 12. The second-order valence-corrected chi connectivity index (χ2v) is 9.74. The lowest BCUT2D eigenvalue weighted by molar-refractivity contribution is -0.140. The number of sulfonamides is 1. The van der Waals surface area contributed by atoms with Crippen LogP contribution in [0.2, 0.25) is 5.02 Å². The smallest absolute Gasteiger partial charge is 0.305 e. The average molecular weight is 471 g/mol. The Labute approximate surface area is 175 Å². The summed E-state index contributed by atoms with van der Waals surface area (Å²) < 4.78 is 58.6. The molecule has 0 radical (unpaired) electrons. The number of esters is 1. The molecule has 0 saturated carbocycles. The molecule has 0 fully saturated rings. The molecule has 0 bridgehead atoms.